The first-order valence-corrected chi connectivity index (χ1v) is 12.2. The highest BCUT2D eigenvalue weighted by Gasteiger charge is 2.54. The van der Waals surface area contributed by atoms with Crippen LogP contribution < -0.4 is 10.6 Å². The second-order valence-corrected chi connectivity index (χ2v) is 11.7. The van der Waals surface area contributed by atoms with Gasteiger partial charge in [0.15, 0.2) is 15.7 Å². The normalized spacial score (nSPS) is 30.0. The maximum atomic E-state index is 13.4. The van der Waals surface area contributed by atoms with E-state index >= 15 is 0 Å². The molecule has 2 atom stereocenters. The summed E-state index contributed by atoms with van der Waals surface area (Å²) in [6.07, 6.45) is 4.02. The highest BCUT2D eigenvalue weighted by molar-refractivity contribution is 7.90. The molecule has 0 saturated heterocycles. The maximum absolute atomic E-state index is 13.4. The number of carbonyl (C=O) groups is 1. The van der Waals surface area contributed by atoms with Gasteiger partial charge in [-0.3, -0.25) is 4.79 Å². The lowest BCUT2D eigenvalue weighted by Gasteiger charge is -2.45. The zero-order valence-corrected chi connectivity index (χ0v) is 18.4. The molecule has 1 aromatic carbocycles. The molecule has 7 nitrogen and oxygen atoms in total. The predicted octanol–water partition coefficient (Wildman–Crippen LogP) is 2.96. The van der Waals surface area contributed by atoms with Gasteiger partial charge in [-0.25, -0.2) is 8.42 Å². The van der Waals surface area contributed by atoms with Crippen molar-refractivity contribution in [1.29, 1.82) is 0 Å². The molecule has 8 heteroatoms. The Kier molecular flexibility index (Phi) is 3.92. The predicted molar refractivity (Wildman–Crippen MR) is 112 cm³/mol. The van der Waals surface area contributed by atoms with Crippen molar-refractivity contribution < 1.29 is 13.2 Å². The van der Waals surface area contributed by atoms with Crippen molar-refractivity contribution in [1.82, 2.24) is 10.6 Å². The average Bonchev–Trinajstić information content (AvgIpc) is 3.39. The van der Waals surface area contributed by atoms with Crippen LogP contribution in [0.25, 0.3) is 0 Å². The lowest BCUT2D eigenvalue weighted by Crippen LogP contribution is -2.55. The second kappa shape index (κ2) is 6.03. The highest BCUT2D eigenvalue weighted by atomic mass is 32.2. The summed E-state index contributed by atoms with van der Waals surface area (Å²) in [7, 11) is -3.39. The van der Waals surface area contributed by atoms with Crippen LogP contribution in [0.5, 0.6) is 0 Å². The van der Waals surface area contributed by atoms with Crippen LogP contribution >= 0.6 is 0 Å². The van der Waals surface area contributed by atoms with Gasteiger partial charge >= 0.3 is 0 Å². The summed E-state index contributed by atoms with van der Waals surface area (Å²) in [6.45, 7) is 6.00. The zero-order chi connectivity index (χ0) is 21.5. The Balaban J connectivity index is 1.75. The Bertz CT molecular complexity index is 1170. The molecule has 1 fully saturated rings. The average molecular weight is 427 g/mol. The Hall–Kier alpha value is -2.48. The van der Waals surface area contributed by atoms with Crippen molar-refractivity contribution in [3.05, 3.63) is 52.5 Å². The molecule has 1 amide bonds. The first-order chi connectivity index (χ1) is 14.0. The molecule has 0 radical (unpaired) electrons. The molecule has 30 heavy (non-hydrogen) atoms. The third-order valence-electron chi connectivity index (χ3n) is 6.65. The summed E-state index contributed by atoms with van der Waals surface area (Å²) in [5, 5.41) is 15.6. The summed E-state index contributed by atoms with van der Waals surface area (Å²) in [5.41, 5.74) is 2.04. The van der Waals surface area contributed by atoms with Crippen LogP contribution in [0.1, 0.15) is 45.6 Å². The van der Waals surface area contributed by atoms with Gasteiger partial charge in [-0.15, -0.1) is 5.11 Å². The fourth-order valence-corrected chi connectivity index (χ4v) is 5.74. The van der Waals surface area contributed by atoms with Gasteiger partial charge in [0.25, 0.3) is 5.91 Å². The third-order valence-corrected chi connectivity index (χ3v) is 7.76. The molecule has 0 aromatic heterocycles. The summed E-state index contributed by atoms with van der Waals surface area (Å²) < 4.78 is 24.5. The monoisotopic (exact) mass is 426 g/mol. The fraction of sp³-hybridized carbons (Fsp3) is 0.500. The van der Waals surface area contributed by atoms with E-state index in [9.17, 15) is 13.2 Å². The zero-order valence-electron chi connectivity index (χ0n) is 17.6. The van der Waals surface area contributed by atoms with E-state index in [1.54, 1.807) is 18.2 Å². The van der Waals surface area contributed by atoms with E-state index < -0.39 is 15.3 Å². The first-order valence-electron chi connectivity index (χ1n) is 10.3. The topological polar surface area (TPSA) is 100.0 Å². The Labute approximate surface area is 176 Å². The number of dihydropyridines is 1. The molecule has 1 aliphatic carbocycles. The SMILES string of the molecule is CC1(C)CC2=C(C(=O)N1)[C@@](C)(c1cccc(S(C)(=O)=O)c1)C1=C(N=NC1C1CC1)N2. The van der Waals surface area contributed by atoms with Crippen molar-refractivity contribution in [2.75, 3.05) is 6.26 Å². The van der Waals surface area contributed by atoms with Gasteiger partial charge < -0.3 is 10.6 Å². The summed E-state index contributed by atoms with van der Waals surface area (Å²) in [4.78, 5) is 13.6. The van der Waals surface area contributed by atoms with E-state index in [2.05, 4.69) is 20.9 Å². The lowest BCUT2D eigenvalue weighted by atomic mass is 9.63. The number of benzene rings is 1. The first kappa shape index (κ1) is 19.5. The molecule has 1 unspecified atom stereocenters. The lowest BCUT2D eigenvalue weighted by molar-refractivity contribution is -0.120. The molecule has 3 aliphatic heterocycles. The number of sulfone groups is 1. The Morgan fingerprint density at radius 1 is 1.17 bits per heavy atom. The molecule has 0 spiro atoms. The van der Waals surface area contributed by atoms with Gasteiger partial charge in [-0.1, -0.05) is 12.1 Å². The summed E-state index contributed by atoms with van der Waals surface area (Å²) in [5.74, 6) is 1.00. The van der Waals surface area contributed by atoms with Gasteiger partial charge in [0.1, 0.15) is 6.04 Å². The number of nitrogens with zero attached hydrogens (tertiary/aromatic N) is 2. The molecule has 4 aliphatic rings. The van der Waals surface area contributed by atoms with Crippen molar-refractivity contribution in [2.45, 2.75) is 61.9 Å². The van der Waals surface area contributed by atoms with Crippen LogP contribution in [-0.4, -0.2) is 32.2 Å². The van der Waals surface area contributed by atoms with E-state index in [0.717, 1.165) is 29.7 Å². The van der Waals surface area contributed by atoms with Gasteiger partial charge in [-0.05, 0) is 57.2 Å². The Morgan fingerprint density at radius 3 is 2.57 bits per heavy atom. The summed E-state index contributed by atoms with van der Waals surface area (Å²) >= 11 is 0. The van der Waals surface area contributed by atoms with Crippen LogP contribution in [0.15, 0.2) is 62.1 Å². The van der Waals surface area contributed by atoms with Crippen LogP contribution in [0.4, 0.5) is 0 Å². The van der Waals surface area contributed by atoms with E-state index in [1.165, 1.54) is 6.26 Å². The highest BCUT2D eigenvalue weighted by Crippen LogP contribution is 2.54. The number of azo groups is 1. The van der Waals surface area contributed by atoms with Gasteiger partial charge in [0.2, 0.25) is 0 Å². The van der Waals surface area contributed by atoms with Crippen molar-refractivity contribution >= 4 is 15.7 Å². The molecule has 0 bridgehead atoms. The number of rotatable bonds is 3. The van der Waals surface area contributed by atoms with Crippen LogP contribution in [0, 0.1) is 5.92 Å². The van der Waals surface area contributed by atoms with Crippen molar-refractivity contribution in [2.24, 2.45) is 16.1 Å². The van der Waals surface area contributed by atoms with Crippen molar-refractivity contribution in [3.8, 4) is 0 Å². The molecular formula is C22H26N4O3S. The molecule has 1 aromatic rings. The largest absolute Gasteiger partial charge is 0.347 e. The van der Waals surface area contributed by atoms with E-state index in [-0.39, 0.29) is 22.4 Å². The number of nitrogens with one attached hydrogen (secondary N) is 2. The molecule has 2 N–H and O–H groups in total. The van der Waals surface area contributed by atoms with Gasteiger partial charge in [0.05, 0.1) is 15.9 Å². The molecule has 5 rings (SSSR count). The quantitative estimate of drug-likeness (QED) is 0.776. The minimum atomic E-state index is -3.39. The molecule has 3 heterocycles. The van der Waals surface area contributed by atoms with Gasteiger partial charge in [-0.2, -0.15) is 5.11 Å². The van der Waals surface area contributed by atoms with Crippen molar-refractivity contribution in [3.63, 3.8) is 0 Å². The number of carbonyl (C=O) groups excluding carboxylic acids is 1. The molecule has 158 valence electrons. The maximum Gasteiger partial charge on any atom is 0.250 e. The third kappa shape index (κ3) is 2.84. The van der Waals surface area contributed by atoms with E-state index in [1.807, 2.05) is 26.8 Å². The minimum absolute atomic E-state index is 0.0869. The smallest absolute Gasteiger partial charge is 0.250 e. The minimum Gasteiger partial charge on any atom is -0.347 e. The summed E-state index contributed by atoms with van der Waals surface area (Å²) in [6, 6.07) is 6.87. The van der Waals surface area contributed by atoms with Gasteiger partial charge in [0, 0.05) is 29.5 Å². The van der Waals surface area contributed by atoms with E-state index in [0.29, 0.717) is 23.7 Å². The number of hydrogen-bond donors (Lipinski definition) is 2. The fourth-order valence-electron chi connectivity index (χ4n) is 5.07. The standard InChI is InChI=1S/C22H26N4O3S/c1-21(2)11-15-16(20(27)24-21)22(3,13-6-5-7-14(10-13)30(4,28)29)17-18(12-8-9-12)25-26-19(17)23-15/h5-7,10,12,18,23H,8-9,11H2,1-4H3,(H,24,27)/t18?,22-/m1/s1. The number of amides is 1. The van der Waals surface area contributed by atoms with Crippen LogP contribution in [0.2, 0.25) is 0 Å². The van der Waals surface area contributed by atoms with Crippen LogP contribution in [0.3, 0.4) is 0 Å². The van der Waals surface area contributed by atoms with Crippen LogP contribution in [-0.2, 0) is 20.0 Å². The van der Waals surface area contributed by atoms with E-state index in [4.69, 9.17) is 0 Å². The molecule has 1 saturated carbocycles. The Morgan fingerprint density at radius 2 is 1.90 bits per heavy atom. The molecular weight excluding hydrogens is 400 g/mol. The number of hydrogen-bond acceptors (Lipinski definition) is 6. The second-order valence-electron chi connectivity index (χ2n) is 9.68.